The van der Waals surface area contributed by atoms with Crippen LogP contribution in [0.3, 0.4) is 0 Å². The number of carbonyl (C=O) groups excluding carboxylic acids is 2. The summed E-state index contributed by atoms with van der Waals surface area (Å²) in [4.78, 5) is 34.7. The molecule has 0 saturated carbocycles. The molecule has 1 atom stereocenters. The molecule has 1 amide bonds. The van der Waals surface area contributed by atoms with Gasteiger partial charge in [0.25, 0.3) is 5.78 Å². The van der Waals surface area contributed by atoms with E-state index in [9.17, 15) is 19.1 Å². The molecule has 0 radical (unpaired) electrons. The van der Waals surface area contributed by atoms with Gasteiger partial charge in [-0.05, 0) is 12.1 Å². The Kier molecular flexibility index (Phi) is 4.41. The first-order valence-corrected chi connectivity index (χ1v) is 8.47. The Labute approximate surface area is 159 Å². The number of rotatable bonds is 3. The number of hydrogen-bond acceptors (Lipinski definition) is 5. The second-order valence-corrected chi connectivity index (χ2v) is 6.11. The fraction of sp³-hybridized carbons (Fsp3) is 0.0476. The SMILES string of the molecule is O=C1C(=O)N(c2ncccn2)C(c2ccccc2F)C1=C(O)c1ccccc1. The van der Waals surface area contributed by atoms with Crippen LogP contribution in [-0.4, -0.2) is 26.8 Å². The van der Waals surface area contributed by atoms with Gasteiger partial charge in [-0.2, -0.15) is 0 Å². The molecule has 0 spiro atoms. The zero-order valence-electron chi connectivity index (χ0n) is 14.5. The van der Waals surface area contributed by atoms with Crippen molar-refractivity contribution in [1.82, 2.24) is 9.97 Å². The Morgan fingerprint density at radius 1 is 0.929 bits per heavy atom. The van der Waals surface area contributed by atoms with Crippen LogP contribution in [0.2, 0.25) is 0 Å². The number of nitrogens with zero attached hydrogens (tertiary/aromatic N) is 3. The molecule has 7 heteroatoms. The topological polar surface area (TPSA) is 83.4 Å². The molecule has 0 aliphatic carbocycles. The Morgan fingerprint density at radius 2 is 1.57 bits per heavy atom. The van der Waals surface area contributed by atoms with Crippen molar-refractivity contribution in [2.75, 3.05) is 4.90 Å². The van der Waals surface area contributed by atoms with Gasteiger partial charge in [0.15, 0.2) is 0 Å². The van der Waals surface area contributed by atoms with Crippen molar-refractivity contribution >= 4 is 23.4 Å². The highest BCUT2D eigenvalue weighted by molar-refractivity contribution is 6.51. The van der Waals surface area contributed by atoms with Crippen LogP contribution in [0.25, 0.3) is 5.76 Å². The lowest BCUT2D eigenvalue weighted by atomic mass is 9.95. The summed E-state index contributed by atoms with van der Waals surface area (Å²) in [5.41, 5.74) is 0.191. The Morgan fingerprint density at radius 3 is 2.25 bits per heavy atom. The van der Waals surface area contributed by atoms with Gasteiger partial charge >= 0.3 is 5.91 Å². The van der Waals surface area contributed by atoms with Crippen LogP contribution in [0.15, 0.2) is 78.6 Å². The fourth-order valence-corrected chi connectivity index (χ4v) is 3.20. The van der Waals surface area contributed by atoms with Crippen molar-refractivity contribution in [3.8, 4) is 0 Å². The lowest BCUT2D eigenvalue weighted by Crippen LogP contribution is -2.31. The summed E-state index contributed by atoms with van der Waals surface area (Å²) in [7, 11) is 0. The number of benzene rings is 2. The van der Waals surface area contributed by atoms with E-state index in [1.807, 2.05) is 0 Å². The van der Waals surface area contributed by atoms with E-state index in [0.29, 0.717) is 5.56 Å². The maximum Gasteiger partial charge on any atom is 0.302 e. The molecule has 0 bridgehead atoms. The highest BCUT2D eigenvalue weighted by atomic mass is 19.1. The molecular weight excluding hydrogens is 361 g/mol. The third-order valence-electron chi connectivity index (χ3n) is 4.46. The van der Waals surface area contributed by atoms with Crippen molar-refractivity contribution in [1.29, 1.82) is 0 Å². The van der Waals surface area contributed by atoms with Crippen molar-refractivity contribution < 1.29 is 19.1 Å². The Balaban J connectivity index is 1.98. The first-order chi connectivity index (χ1) is 13.6. The normalized spacial score (nSPS) is 18.5. The van der Waals surface area contributed by atoms with Gasteiger partial charge in [0.05, 0.1) is 5.57 Å². The molecule has 1 saturated heterocycles. The van der Waals surface area contributed by atoms with Crippen LogP contribution in [0.5, 0.6) is 0 Å². The van der Waals surface area contributed by atoms with Crippen molar-refractivity contribution in [2.24, 2.45) is 0 Å². The highest BCUT2D eigenvalue weighted by Gasteiger charge is 2.48. The molecule has 138 valence electrons. The summed E-state index contributed by atoms with van der Waals surface area (Å²) in [5, 5.41) is 10.8. The van der Waals surface area contributed by atoms with Gasteiger partial charge in [0.2, 0.25) is 5.95 Å². The van der Waals surface area contributed by atoms with Gasteiger partial charge in [-0.1, -0.05) is 48.5 Å². The number of hydrogen-bond donors (Lipinski definition) is 1. The number of anilines is 1. The van der Waals surface area contributed by atoms with E-state index in [4.69, 9.17) is 0 Å². The van der Waals surface area contributed by atoms with Crippen LogP contribution in [-0.2, 0) is 9.59 Å². The molecule has 1 aliphatic heterocycles. The largest absolute Gasteiger partial charge is 0.507 e. The predicted octanol–water partition coefficient (Wildman–Crippen LogP) is 3.24. The fourth-order valence-electron chi connectivity index (χ4n) is 3.20. The number of carbonyl (C=O) groups is 2. The van der Waals surface area contributed by atoms with Gasteiger partial charge in [0.1, 0.15) is 17.6 Å². The molecule has 2 aromatic carbocycles. The van der Waals surface area contributed by atoms with E-state index in [2.05, 4.69) is 9.97 Å². The molecular formula is C21H14FN3O3. The van der Waals surface area contributed by atoms with Gasteiger partial charge in [-0.25, -0.2) is 14.4 Å². The number of ketones is 1. The molecule has 6 nitrogen and oxygen atoms in total. The maximum absolute atomic E-state index is 14.6. The summed E-state index contributed by atoms with van der Waals surface area (Å²) < 4.78 is 14.6. The van der Waals surface area contributed by atoms with Crippen LogP contribution in [0, 0.1) is 5.82 Å². The zero-order valence-corrected chi connectivity index (χ0v) is 14.5. The third-order valence-corrected chi connectivity index (χ3v) is 4.46. The monoisotopic (exact) mass is 375 g/mol. The standard InChI is InChI=1S/C21H14FN3O3/c22-15-10-5-4-9-14(15)17-16(18(26)13-7-2-1-3-8-13)19(27)20(28)25(17)21-23-11-6-12-24-21/h1-12,17,26H. The zero-order chi connectivity index (χ0) is 19.7. The number of halogens is 1. The number of Topliss-reactive ketones (excluding diaryl/α,β-unsaturated/α-hetero) is 1. The van der Waals surface area contributed by atoms with Crippen LogP contribution in [0.1, 0.15) is 17.2 Å². The average Bonchev–Trinajstić information content (AvgIpc) is 3.00. The van der Waals surface area contributed by atoms with Gasteiger partial charge in [-0.15, -0.1) is 0 Å². The van der Waals surface area contributed by atoms with Crippen molar-refractivity contribution in [3.05, 3.63) is 95.6 Å². The van der Waals surface area contributed by atoms with Crippen molar-refractivity contribution in [3.63, 3.8) is 0 Å². The molecule has 1 unspecified atom stereocenters. The van der Waals surface area contributed by atoms with Gasteiger partial charge in [-0.3, -0.25) is 14.5 Å². The smallest absolute Gasteiger partial charge is 0.302 e. The summed E-state index contributed by atoms with van der Waals surface area (Å²) >= 11 is 0. The van der Waals surface area contributed by atoms with Crippen LogP contribution >= 0.6 is 0 Å². The van der Waals surface area contributed by atoms with E-state index in [-0.39, 0.29) is 22.8 Å². The quantitative estimate of drug-likeness (QED) is 0.432. The van der Waals surface area contributed by atoms with E-state index in [1.165, 1.54) is 30.6 Å². The Hall–Kier alpha value is -3.87. The predicted molar refractivity (Wildman–Crippen MR) is 99.7 cm³/mol. The first-order valence-electron chi connectivity index (χ1n) is 8.47. The lowest BCUT2D eigenvalue weighted by molar-refractivity contribution is -0.132. The maximum atomic E-state index is 14.6. The molecule has 3 aromatic rings. The molecule has 4 rings (SSSR count). The first kappa shape index (κ1) is 17.5. The van der Waals surface area contributed by atoms with E-state index < -0.39 is 23.5 Å². The summed E-state index contributed by atoms with van der Waals surface area (Å²) in [6, 6.07) is 14.5. The van der Waals surface area contributed by atoms with Gasteiger partial charge < -0.3 is 5.11 Å². The summed E-state index contributed by atoms with van der Waals surface area (Å²) in [6.45, 7) is 0. The van der Waals surface area contributed by atoms with Crippen LogP contribution < -0.4 is 4.90 Å². The van der Waals surface area contributed by atoms with E-state index >= 15 is 0 Å². The average molecular weight is 375 g/mol. The number of amides is 1. The minimum absolute atomic E-state index is 0.0510. The minimum atomic E-state index is -1.19. The number of aliphatic hydroxyl groups is 1. The number of aromatic nitrogens is 2. The van der Waals surface area contributed by atoms with Crippen LogP contribution in [0.4, 0.5) is 10.3 Å². The molecule has 1 fully saturated rings. The third kappa shape index (κ3) is 2.83. The number of aliphatic hydroxyl groups excluding tert-OH is 1. The molecule has 1 aromatic heterocycles. The highest BCUT2D eigenvalue weighted by Crippen LogP contribution is 2.41. The molecule has 2 heterocycles. The van der Waals surface area contributed by atoms with Crippen molar-refractivity contribution in [2.45, 2.75) is 6.04 Å². The molecule has 1 aliphatic rings. The summed E-state index contributed by atoms with van der Waals surface area (Å²) in [5.74, 6) is -2.91. The van der Waals surface area contributed by atoms with E-state index in [0.717, 1.165) is 4.90 Å². The Bertz CT molecular complexity index is 1080. The second-order valence-electron chi connectivity index (χ2n) is 6.11. The molecule has 1 N–H and O–H groups in total. The minimum Gasteiger partial charge on any atom is -0.507 e. The van der Waals surface area contributed by atoms with Gasteiger partial charge in [0, 0.05) is 23.5 Å². The molecule has 28 heavy (non-hydrogen) atoms. The second kappa shape index (κ2) is 7.03. The van der Waals surface area contributed by atoms with E-state index in [1.54, 1.807) is 42.5 Å². The summed E-state index contributed by atoms with van der Waals surface area (Å²) in [6.07, 6.45) is 2.83. The lowest BCUT2D eigenvalue weighted by Gasteiger charge is -2.23.